The first kappa shape index (κ1) is 14.1. The van der Waals surface area contributed by atoms with Gasteiger partial charge in [0.2, 0.25) is 5.95 Å². The lowest BCUT2D eigenvalue weighted by atomic mass is 9.80. The van der Waals surface area contributed by atoms with Crippen molar-refractivity contribution in [2.24, 2.45) is 11.3 Å². The zero-order valence-corrected chi connectivity index (χ0v) is 13.3. The number of hydrogen-bond acceptors (Lipinski definition) is 4. The Labute approximate surface area is 126 Å². The number of nitrogens with zero attached hydrogens (tertiary/aromatic N) is 3. The van der Waals surface area contributed by atoms with Gasteiger partial charge in [-0.2, -0.15) is 4.98 Å². The molecule has 4 nitrogen and oxygen atoms in total. The molecule has 2 heterocycles. The van der Waals surface area contributed by atoms with E-state index in [4.69, 9.17) is 4.98 Å². The van der Waals surface area contributed by atoms with Gasteiger partial charge in [0, 0.05) is 25.5 Å². The monoisotopic (exact) mass is 284 g/mol. The van der Waals surface area contributed by atoms with E-state index >= 15 is 0 Å². The number of hydrogen-bond donors (Lipinski definition) is 1. The summed E-state index contributed by atoms with van der Waals surface area (Å²) in [5.41, 5.74) is 1.36. The molecule has 0 radical (unpaired) electrons. The maximum Gasteiger partial charge on any atom is 0.224 e. The van der Waals surface area contributed by atoms with Crippen molar-refractivity contribution in [1.82, 2.24) is 9.97 Å². The second-order valence-electron chi connectivity index (χ2n) is 6.94. The van der Waals surface area contributed by atoms with Crippen LogP contribution < -0.4 is 10.2 Å². The zero-order valence-electron chi connectivity index (χ0n) is 13.3. The van der Waals surface area contributed by atoms with Gasteiger partial charge in [-0.05, 0) is 29.9 Å². The quantitative estimate of drug-likeness (QED) is 0.915. The molecular weight excluding hydrogens is 260 g/mol. The van der Waals surface area contributed by atoms with E-state index in [1.54, 1.807) is 0 Å². The van der Waals surface area contributed by atoms with Crippen molar-refractivity contribution in [2.75, 3.05) is 30.4 Å². The van der Waals surface area contributed by atoms with Crippen LogP contribution in [0.5, 0.6) is 0 Å². The predicted molar refractivity (Wildman–Crippen MR) is 88.9 cm³/mol. The summed E-state index contributed by atoms with van der Waals surface area (Å²) in [6.45, 7) is 9.15. The highest BCUT2D eigenvalue weighted by molar-refractivity contribution is 5.90. The maximum absolute atomic E-state index is 4.72. The SMILES string of the molecule is CNc1nc(N2CCC(C(C)(C)C)C2)c2ccccc2n1. The van der Waals surface area contributed by atoms with E-state index in [9.17, 15) is 0 Å². The second-order valence-corrected chi connectivity index (χ2v) is 6.94. The lowest BCUT2D eigenvalue weighted by Crippen LogP contribution is -2.26. The first-order valence-corrected chi connectivity index (χ1v) is 7.68. The molecule has 2 aromatic rings. The van der Waals surface area contributed by atoms with Crippen molar-refractivity contribution in [1.29, 1.82) is 0 Å². The lowest BCUT2D eigenvalue weighted by molar-refractivity contribution is 0.263. The fourth-order valence-electron chi connectivity index (χ4n) is 3.07. The van der Waals surface area contributed by atoms with Crippen LogP contribution in [0.25, 0.3) is 10.9 Å². The summed E-state index contributed by atoms with van der Waals surface area (Å²) in [6.07, 6.45) is 1.23. The van der Waals surface area contributed by atoms with Crippen LogP contribution in [0.2, 0.25) is 0 Å². The first-order valence-electron chi connectivity index (χ1n) is 7.68. The minimum atomic E-state index is 0.351. The number of aromatic nitrogens is 2. The lowest BCUT2D eigenvalue weighted by Gasteiger charge is -2.27. The average molecular weight is 284 g/mol. The van der Waals surface area contributed by atoms with Crippen molar-refractivity contribution in [3.05, 3.63) is 24.3 Å². The molecule has 1 N–H and O–H groups in total. The van der Waals surface area contributed by atoms with Gasteiger partial charge in [0.1, 0.15) is 5.82 Å². The molecule has 1 unspecified atom stereocenters. The normalized spacial score (nSPS) is 19.2. The molecule has 0 bridgehead atoms. The molecule has 1 aromatic carbocycles. The summed E-state index contributed by atoms with van der Waals surface area (Å²) >= 11 is 0. The van der Waals surface area contributed by atoms with Gasteiger partial charge in [-0.25, -0.2) is 4.98 Å². The van der Waals surface area contributed by atoms with Gasteiger partial charge in [-0.1, -0.05) is 32.9 Å². The van der Waals surface area contributed by atoms with Gasteiger partial charge in [-0.3, -0.25) is 0 Å². The Kier molecular flexibility index (Phi) is 3.47. The molecule has 1 saturated heterocycles. The largest absolute Gasteiger partial charge is 0.357 e. The van der Waals surface area contributed by atoms with Crippen molar-refractivity contribution in [3.63, 3.8) is 0 Å². The van der Waals surface area contributed by atoms with Crippen LogP contribution in [0, 0.1) is 11.3 Å². The van der Waals surface area contributed by atoms with Gasteiger partial charge < -0.3 is 10.2 Å². The summed E-state index contributed by atoms with van der Waals surface area (Å²) in [6, 6.07) is 8.26. The number of fused-ring (bicyclic) bond motifs is 1. The second kappa shape index (κ2) is 5.17. The fraction of sp³-hybridized carbons (Fsp3) is 0.529. The van der Waals surface area contributed by atoms with E-state index in [0.29, 0.717) is 17.3 Å². The third-order valence-corrected chi connectivity index (χ3v) is 4.52. The van der Waals surface area contributed by atoms with E-state index in [-0.39, 0.29) is 0 Å². The Hall–Kier alpha value is -1.84. The topological polar surface area (TPSA) is 41.1 Å². The minimum Gasteiger partial charge on any atom is -0.357 e. The Morgan fingerprint density at radius 1 is 1.19 bits per heavy atom. The summed E-state index contributed by atoms with van der Waals surface area (Å²) in [5, 5.41) is 4.22. The number of rotatable bonds is 2. The number of anilines is 2. The number of para-hydroxylation sites is 1. The summed E-state index contributed by atoms with van der Waals surface area (Å²) < 4.78 is 0. The average Bonchev–Trinajstić information content (AvgIpc) is 2.95. The highest BCUT2D eigenvalue weighted by atomic mass is 15.2. The standard InChI is InChI=1S/C17H24N4/c1-17(2,3)12-9-10-21(11-12)15-13-7-5-6-8-14(13)19-16(18-4)20-15/h5-8,12H,9-11H2,1-4H3,(H,18,19,20). The molecular formula is C17H24N4. The van der Waals surface area contributed by atoms with Crippen LogP contribution in [-0.2, 0) is 0 Å². The molecule has 0 saturated carbocycles. The van der Waals surface area contributed by atoms with E-state index < -0.39 is 0 Å². The number of benzene rings is 1. The third kappa shape index (κ3) is 2.67. The Bertz CT molecular complexity index is 645. The summed E-state index contributed by atoms with van der Waals surface area (Å²) in [7, 11) is 1.87. The molecule has 1 aliphatic rings. The molecule has 1 fully saturated rings. The Balaban J connectivity index is 2.00. The van der Waals surface area contributed by atoms with Gasteiger partial charge in [0.25, 0.3) is 0 Å². The third-order valence-electron chi connectivity index (χ3n) is 4.52. The zero-order chi connectivity index (χ0) is 15.0. The molecule has 1 aromatic heterocycles. The summed E-state index contributed by atoms with van der Waals surface area (Å²) in [4.78, 5) is 11.7. The van der Waals surface area contributed by atoms with Crippen molar-refractivity contribution in [2.45, 2.75) is 27.2 Å². The molecule has 0 spiro atoms. The molecule has 4 heteroatoms. The van der Waals surface area contributed by atoms with Crippen LogP contribution >= 0.6 is 0 Å². The molecule has 3 rings (SSSR count). The van der Waals surface area contributed by atoms with E-state index in [1.165, 1.54) is 6.42 Å². The van der Waals surface area contributed by atoms with E-state index in [0.717, 1.165) is 29.8 Å². The van der Waals surface area contributed by atoms with Crippen molar-refractivity contribution >= 4 is 22.7 Å². The van der Waals surface area contributed by atoms with Crippen LogP contribution in [-0.4, -0.2) is 30.1 Å². The minimum absolute atomic E-state index is 0.351. The van der Waals surface area contributed by atoms with Gasteiger partial charge in [0.05, 0.1) is 5.52 Å². The Morgan fingerprint density at radius 2 is 1.95 bits per heavy atom. The summed E-state index contributed by atoms with van der Waals surface area (Å²) in [5.74, 6) is 2.48. The van der Waals surface area contributed by atoms with Crippen LogP contribution in [0.15, 0.2) is 24.3 Å². The molecule has 21 heavy (non-hydrogen) atoms. The van der Waals surface area contributed by atoms with Crippen LogP contribution in [0.4, 0.5) is 11.8 Å². The van der Waals surface area contributed by atoms with Crippen molar-refractivity contribution < 1.29 is 0 Å². The highest BCUT2D eigenvalue weighted by Crippen LogP contribution is 2.37. The van der Waals surface area contributed by atoms with Crippen LogP contribution in [0.3, 0.4) is 0 Å². The van der Waals surface area contributed by atoms with Gasteiger partial charge in [-0.15, -0.1) is 0 Å². The first-order chi connectivity index (χ1) is 9.99. The van der Waals surface area contributed by atoms with E-state index in [2.05, 4.69) is 54.2 Å². The molecule has 0 amide bonds. The molecule has 112 valence electrons. The van der Waals surface area contributed by atoms with Crippen molar-refractivity contribution in [3.8, 4) is 0 Å². The number of nitrogens with one attached hydrogen (secondary N) is 1. The van der Waals surface area contributed by atoms with E-state index in [1.807, 2.05) is 13.1 Å². The molecule has 1 aliphatic heterocycles. The fourth-order valence-corrected chi connectivity index (χ4v) is 3.07. The Morgan fingerprint density at radius 3 is 2.62 bits per heavy atom. The highest BCUT2D eigenvalue weighted by Gasteiger charge is 2.33. The molecule has 1 atom stereocenters. The predicted octanol–water partition coefficient (Wildman–Crippen LogP) is 3.54. The van der Waals surface area contributed by atoms with Gasteiger partial charge in [0.15, 0.2) is 0 Å². The molecule has 0 aliphatic carbocycles. The smallest absolute Gasteiger partial charge is 0.224 e. The maximum atomic E-state index is 4.72. The van der Waals surface area contributed by atoms with Gasteiger partial charge >= 0.3 is 0 Å². The van der Waals surface area contributed by atoms with Crippen LogP contribution in [0.1, 0.15) is 27.2 Å².